The van der Waals surface area contributed by atoms with Gasteiger partial charge in [0, 0.05) is 5.41 Å². The highest BCUT2D eigenvalue weighted by Gasteiger charge is 2.62. The molecule has 0 aromatic heterocycles. The van der Waals surface area contributed by atoms with Gasteiger partial charge in [0.25, 0.3) is 0 Å². The van der Waals surface area contributed by atoms with E-state index in [1.54, 1.807) is 13.8 Å². The van der Waals surface area contributed by atoms with Gasteiger partial charge in [-0.05, 0) is 19.8 Å². The predicted octanol–water partition coefficient (Wildman–Crippen LogP) is 5.28. The summed E-state index contributed by atoms with van der Waals surface area (Å²) in [5.74, 6) is 0. The van der Waals surface area contributed by atoms with Crippen molar-refractivity contribution in [2.45, 2.75) is 66.3 Å². The van der Waals surface area contributed by atoms with Crippen molar-refractivity contribution in [3.8, 4) is 0 Å². The quantitative estimate of drug-likeness (QED) is 0.244. The molecular formula is C16H29F2O9P. The van der Waals surface area contributed by atoms with E-state index in [4.69, 9.17) is 4.52 Å². The molecule has 0 saturated heterocycles. The normalized spacial score (nSPS) is 15.3. The van der Waals surface area contributed by atoms with E-state index in [0.717, 1.165) is 27.7 Å². The standard InChI is InChI=1S/C16H29F2O9P/c1-7-9-22-13(19)24-11-25-28(21,16(17,18)15(4,5)6)27-12(3)26-14(20)23-10-8-2/h12H,7-11H2,1-6H3. The molecular weight excluding hydrogens is 405 g/mol. The Labute approximate surface area is 163 Å². The smallest absolute Gasteiger partial charge is 0.434 e. The van der Waals surface area contributed by atoms with Crippen molar-refractivity contribution in [2.24, 2.45) is 5.41 Å². The van der Waals surface area contributed by atoms with Gasteiger partial charge in [-0.3, -0.25) is 13.6 Å². The molecule has 0 aliphatic carbocycles. The van der Waals surface area contributed by atoms with E-state index < -0.39 is 44.1 Å². The molecule has 0 amide bonds. The largest absolute Gasteiger partial charge is 0.510 e. The van der Waals surface area contributed by atoms with Crippen LogP contribution in [-0.2, 0) is 32.6 Å². The lowest BCUT2D eigenvalue weighted by Gasteiger charge is -2.35. The van der Waals surface area contributed by atoms with Crippen molar-refractivity contribution >= 4 is 19.9 Å². The SMILES string of the molecule is CCCOC(=O)OCOP(=O)(OC(C)OC(=O)OCCC)C(F)(F)C(C)(C)C. The van der Waals surface area contributed by atoms with Crippen molar-refractivity contribution in [1.82, 2.24) is 0 Å². The molecule has 0 heterocycles. The molecule has 0 spiro atoms. The molecule has 0 aromatic carbocycles. The van der Waals surface area contributed by atoms with Gasteiger partial charge in [0.2, 0.25) is 13.1 Å². The lowest BCUT2D eigenvalue weighted by Crippen LogP contribution is -2.37. The highest BCUT2D eigenvalue weighted by atomic mass is 31.2. The summed E-state index contributed by atoms with van der Waals surface area (Å²) in [6.45, 7) is 6.88. The maximum atomic E-state index is 14.8. The van der Waals surface area contributed by atoms with Gasteiger partial charge >= 0.3 is 25.6 Å². The maximum Gasteiger partial charge on any atom is 0.510 e. The number of halogens is 2. The Morgan fingerprint density at radius 1 is 0.964 bits per heavy atom. The number of hydrogen-bond acceptors (Lipinski definition) is 9. The van der Waals surface area contributed by atoms with Gasteiger partial charge in [-0.2, -0.15) is 8.78 Å². The van der Waals surface area contributed by atoms with E-state index in [-0.39, 0.29) is 13.2 Å². The molecule has 28 heavy (non-hydrogen) atoms. The van der Waals surface area contributed by atoms with Crippen LogP contribution in [0.3, 0.4) is 0 Å². The number of hydrogen-bond donors (Lipinski definition) is 0. The molecule has 2 atom stereocenters. The van der Waals surface area contributed by atoms with Gasteiger partial charge in [0.1, 0.15) is 0 Å². The average Bonchev–Trinajstić information content (AvgIpc) is 2.56. The molecule has 0 rings (SSSR count). The summed E-state index contributed by atoms with van der Waals surface area (Å²) in [5, 5.41) is 0. The first-order valence-corrected chi connectivity index (χ1v) is 10.3. The lowest BCUT2D eigenvalue weighted by atomic mass is 9.97. The van der Waals surface area contributed by atoms with Crippen molar-refractivity contribution in [3.63, 3.8) is 0 Å². The van der Waals surface area contributed by atoms with Gasteiger partial charge in [0.15, 0.2) is 0 Å². The molecule has 166 valence electrons. The van der Waals surface area contributed by atoms with Crippen LogP contribution in [0.4, 0.5) is 18.4 Å². The number of ether oxygens (including phenoxy) is 4. The highest BCUT2D eigenvalue weighted by Crippen LogP contribution is 2.68. The zero-order valence-corrected chi connectivity index (χ0v) is 17.9. The summed E-state index contributed by atoms with van der Waals surface area (Å²) < 4.78 is 70.0. The van der Waals surface area contributed by atoms with Crippen LogP contribution in [-0.4, -0.2) is 44.3 Å². The lowest BCUT2D eigenvalue weighted by molar-refractivity contribution is -0.103. The van der Waals surface area contributed by atoms with Crippen molar-refractivity contribution < 1.29 is 50.9 Å². The van der Waals surface area contributed by atoms with E-state index in [2.05, 4.69) is 23.5 Å². The van der Waals surface area contributed by atoms with Crippen LogP contribution >= 0.6 is 7.60 Å². The third-order valence-corrected chi connectivity index (χ3v) is 5.42. The molecule has 0 aliphatic rings. The average molecular weight is 434 g/mol. The van der Waals surface area contributed by atoms with Crippen LogP contribution in [0.5, 0.6) is 0 Å². The molecule has 0 aromatic rings. The van der Waals surface area contributed by atoms with E-state index >= 15 is 0 Å². The van der Waals surface area contributed by atoms with Crippen LogP contribution < -0.4 is 0 Å². The van der Waals surface area contributed by atoms with Gasteiger partial charge in [0.05, 0.1) is 13.2 Å². The summed E-state index contributed by atoms with van der Waals surface area (Å²) >= 11 is 0. The van der Waals surface area contributed by atoms with Crippen LogP contribution in [0.2, 0.25) is 0 Å². The van der Waals surface area contributed by atoms with Crippen LogP contribution in [0.1, 0.15) is 54.4 Å². The fourth-order valence-corrected chi connectivity index (χ4v) is 3.33. The number of alkyl halides is 2. The Morgan fingerprint density at radius 2 is 1.46 bits per heavy atom. The summed E-state index contributed by atoms with van der Waals surface area (Å²) in [5.41, 5.74) is -5.87. The Bertz CT molecular complexity index is 549. The fourth-order valence-electron chi connectivity index (χ4n) is 1.53. The molecule has 0 fully saturated rings. The second-order valence-corrected chi connectivity index (χ2v) is 8.69. The highest BCUT2D eigenvalue weighted by molar-refractivity contribution is 7.55. The topological polar surface area (TPSA) is 107 Å². The molecule has 0 saturated carbocycles. The predicted molar refractivity (Wildman–Crippen MR) is 94.0 cm³/mol. The minimum Gasteiger partial charge on any atom is -0.434 e. The Balaban J connectivity index is 5.17. The summed E-state index contributed by atoms with van der Waals surface area (Å²) in [7, 11) is -5.26. The molecule has 0 bridgehead atoms. The summed E-state index contributed by atoms with van der Waals surface area (Å²) in [4.78, 5) is 22.7. The molecule has 0 radical (unpaired) electrons. The number of carbonyl (C=O) groups excluding carboxylic acids is 2. The molecule has 9 nitrogen and oxygen atoms in total. The zero-order chi connectivity index (χ0) is 22.0. The molecule has 0 N–H and O–H groups in total. The van der Waals surface area contributed by atoms with E-state index in [1.807, 2.05) is 0 Å². The van der Waals surface area contributed by atoms with Gasteiger partial charge in [-0.15, -0.1) is 0 Å². The first kappa shape index (κ1) is 26.6. The Hall–Kier alpha value is -1.45. The fraction of sp³-hybridized carbons (Fsp3) is 0.875. The van der Waals surface area contributed by atoms with Gasteiger partial charge < -0.3 is 18.9 Å². The third-order valence-electron chi connectivity index (χ3n) is 3.04. The van der Waals surface area contributed by atoms with Gasteiger partial charge in [-0.25, -0.2) is 9.59 Å². The van der Waals surface area contributed by atoms with E-state index in [9.17, 15) is 22.9 Å². The van der Waals surface area contributed by atoms with Crippen LogP contribution in [0.25, 0.3) is 0 Å². The number of carbonyl (C=O) groups is 2. The van der Waals surface area contributed by atoms with E-state index in [1.165, 1.54) is 0 Å². The van der Waals surface area contributed by atoms with Crippen molar-refractivity contribution in [1.29, 1.82) is 0 Å². The minimum atomic E-state index is -5.26. The van der Waals surface area contributed by atoms with Gasteiger partial charge in [-0.1, -0.05) is 34.6 Å². The van der Waals surface area contributed by atoms with Crippen LogP contribution in [0, 0.1) is 5.41 Å². The monoisotopic (exact) mass is 434 g/mol. The first-order chi connectivity index (χ1) is 12.8. The minimum absolute atomic E-state index is 0.0472. The number of rotatable bonds is 11. The first-order valence-electron chi connectivity index (χ1n) is 8.74. The zero-order valence-electron chi connectivity index (χ0n) is 17.0. The summed E-state index contributed by atoms with van der Waals surface area (Å²) in [6, 6.07) is 0. The molecule has 2 unspecified atom stereocenters. The third kappa shape index (κ3) is 8.28. The Kier molecular flexibility index (Phi) is 10.9. The van der Waals surface area contributed by atoms with E-state index in [0.29, 0.717) is 12.8 Å². The van der Waals surface area contributed by atoms with Crippen LogP contribution in [0.15, 0.2) is 0 Å². The molecule has 0 aliphatic heterocycles. The summed E-state index contributed by atoms with van der Waals surface area (Å²) in [6.07, 6.45) is -3.02. The maximum absolute atomic E-state index is 14.8. The second-order valence-electron chi connectivity index (χ2n) is 6.67. The molecule has 12 heteroatoms. The van der Waals surface area contributed by atoms with Crippen molar-refractivity contribution in [3.05, 3.63) is 0 Å². The van der Waals surface area contributed by atoms with Crippen molar-refractivity contribution in [2.75, 3.05) is 20.0 Å². The Morgan fingerprint density at radius 3 is 1.93 bits per heavy atom. The second kappa shape index (κ2) is 11.5.